The van der Waals surface area contributed by atoms with Gasteiger partial charge in [-0.15, -0.1) is 10.2 Å². The summed E-state index contributed by atoms with van der Waals surface area (Å²) in [7, 11) is 0. The molecule has 1 amide bonds. The largest absolute Gasteiger partial charge is 0.490 e. The summed E-state index contributed by atoms with van der Waals surface area (Å²) >= 11 is 0. The molecule has 5 rings (SSSR count). The van der Waals surface area contributed by atoms with Crippen LogP contribution in [0.15, 0.2) is 48.5 Å². The first kappa shape index (κ1) is 20.7. The Balaban J connectivity index is 1.32. The van der Waals surface area contributed by atoms with Crippen molar-refractivity contribution in [3.8, 4) is 17.1 Å². The Morgan fingerprint density at radius 3 is 2.94 bits per heavy atom. The van der Waals surface area contributed by atoms with Crippen molar-refractivity contribution in [1.82, 2.24) is 14.8 Å². The molecule has 7 heteroatoms. The van der Waals surface area contributed by atoms with Crippen molar-refractivity contribution in [2.75, 3.05) is 18.5 Å². The molecule has 2 aliphatic heterocycles. The van der Waals surface area contributed by atoms with Crippen molar-refractivity contribution in [3.05, 3.63) is 59.9 Å². The van der Waals surface area contributed by atoms with Gasteiger partial charge in [0, 0.05) is 30.8 Å². The molecular weight excluding hydrogens is 404 g/mol. The average Bonchev–Trinajstić information content (AvgIpc) is 3.43. The highest BCUT2D eigenvalue weighted by atomic mass is 16.5. The number of amides is 1. The number of ether oxygens (including phenoxy) is 2. The minimum absolute atomic E-state index is 0.0982. The Bertz CT molecular complexity index is 1090. The molecule has 1 saturated heterocycles. The summed E-state index contributed by atoms with van der Waals surface area (Å²) in [5.74, 6) is 2.27. The first-order chi connectivity index (χ1) is 15.8. The minimum atomic E-state index is -0.204. The van der Waals surface area contributed by atoms with Crippen molar-refractivity contribution in [1.29, 1.82) is 0 Å². The zero-order valence-corrected chi connectivity index (χ0v) is 18.1. The lowest BCUT2D eigenvalue weighted by Crippen LogP contribution is -2.19. The molecule has 2 aromatic carbocycles. The van der Waals surface area contributed by atoms with Crippen LogP contribution >= 0.6 is 0 Å². The molecule has 0 saturated carbocycles. The number of carbonyl (C=O) groups is 1. The molecular formula is C25H28N4O3. The molecule has 0 radical (unpaired) electrons. The first-order valence-electron chi connectivity index (χ1n) is 11.5. The maximum Gasteiger partial charge on any atom is 0.259 e. The van der Waals surface area contributed by atoms with Crippen LogP contribution in [0.1, 0.15) is 48.3 Å². The molecule has 7 nitrogen and oxygen atoms in total. The number of nitrogens with zero attached hydrogens (tertiary/aromatic N) is 3. The Morgan fingerprint density at radius 1 is 1.09 bits per heavy atom. The van der Waals surface area contributed by atoms with Crippen LogP contribution in [0, 0.1) is 0 Å². The molecule has 1 N–H and O–H groups in total. The van der Waals surface area contributed by atoms with Gasteiger partial charge in [0.15, 0.2) is 5.82 Å². The summed E-state index contributed by atoms with van der Waals surface area (Å²) in [5, 5.41) is 11.8. The van der Waals surface area contributed by atoms with Crippen LogP contribution in [-0.2, 0) is 17.7 Å². The second-order valence-corrected chi connectivity index (χ2v) is 8.38. The number of para-hydroxylation sites is 1. The van der Waals surface area contributed by atoms with E-state index < -0.39 is 0 Å². The predicted octanol–water partition coefficient (Wildman–Crippen LogP) is 4.48. The number of carbonyl (C=O) groups excluding carboxylic acids is 1. The molecule has 32 heavy (non-hydrogen) atoms. The lowest BCUT2D eigenvalue weighted by molar-refractivity contribution is 0.0673. The molecule has 1 atom stereocenters. The van der Waals surface area contributed by atoms with E-state index >= 15 is 0 Å². The second-order valence-electron chi connectivity index (χ2n) is 8.38. The van der Waals surface area contributed by atoms with E-state index in [-0.39, 0.29) is 12.0 Å². The number of hydrogen-bond acceptors (Lipinski definition) is 5. The summed E-state index contributed by atoms with van der Waals surface area (Å²) in [6.45, 7) is 2.17. The number of rotatable bonds is 6. The average molecular weight is 433 g/mol. The number of benzene rings is 2. The van der Waals surface area contributed by atoms with Crippen LogP contribution in [0.3, 0.4) is 0 Å². The van der Waals surface area contributed by atoms with Gasteiger partial charge in [0.2, 0.25) is 0 Å². The fraction of sp³-hybridized carbons (Fsp3) is 0.400. The molecule has 2 aliphatic rings. The summed E-state index contributed by atoms with van der Waals surface area (Å²) < 4.78 is 13.8. The third kappa shape index (κ3) is 4.53. The predicted molar refractivity (Wildman–Crippen MR) is 122 cm³/mol. The highest BCUT2D eigenvalue weighted by molar-refractivity contribution is 6.06. The van der Waals surface area contributed by atoms with Crippen molar-refractivity contribution in [2.45, 2.75) is 51.2 Å². The van der Waals surface area contributed by atoms with Crippen molar-refractivity contribution in [3.63, 3.8) is 0 Å². The highest BCUT2D eigenvalue weighted by Crippen LogP contribution is 2.26. The van der Waals surface area contributed by atoms with E-state index in [1.54, 1.807) is 6.07 Å². The SMILES string of the molecule is O=C(Nc1cccc(-c2nnc3n2CCCCC3)c1)c1ccccc1OCC1CCCO1. The number of aryl methyl sites for hydroxylation is 1. The molecule has 3 aromatic rings. The number of hydrogen-bond donors (Lipinski definition) is 1. The van der Waals surface area contributed by atoms with Gasteiger partial charge >= 0.3 is 0 Å². The van der Waals surface area contributed by atoms with E-state index in [4.69, 9.17) is 9.47 Å². The molecule has 166 valence electrons. The number of anilines is 1. The quantitative estimate of drug-likeness (QED) is 0.621. The first-order valence-corrected chi connectivity index (χ1v) is 11.5. The van der Waals surface area contributed by atoms with E-state index in [2.05, 4.69) is 20.1 Å². The van der Waals surface area contributed by atoms with Crippen molar-refractivity contribution >= 4 is 11.6 Å². The monoisotopic (exact) mass is 432 g/mol. The number of fused-ring (bicyclic) bond motifs is 1. The maximum atomic E-state index is 13.1. The van der Waals surface area contributed by atoms with E-state index in [1.165, 1.54) is 6.42 Å². The standard InChI is InChI=1S/C25H28N4O3/c30-25(21-11-3-4-12-22(21)32-17-20-10-7-15-31-20)26-19-9-6-8-18(16-19)24-28-27-23-13-2-1-5-14-29(23)24/h3-4,6,8-9,11-12,16,20H,1-2,5,7,10,13-15,17H2,(H,26,30). The summed E-state index contributed by atoms with van der Waals surface area (Å²) in [6.07, 6.45) is 6.62. The molecule has 0 aliphatic carbocycles. The highest BCUT2D eigenvalue weighted by Gasteiger charge is 2.19. The Kier molecular flexibility index (Phi) is 6.16. The maximum absolute atomic E-state index is 13.1. The van der Waals surface area contributed by atoms with Gasteiger partial charge in [-0.3, -0.25) is 4.79 Å². The fourth-order valence-corrected chi connectivity index (χ4v) is 4.37. The molecule has 0 bridgehead atoms. The van der Waals surface area contributed by atoms with Gasteiger partial charge < -0.3 is 19.4 Å². The van der Waals surface area contributed by atoms with Crippen LogP contribution in [0.25, 0.3) is 11.4 Å². The van der Waals surface area contributed by atoms with Gasteiger partial charge in [-0.05, 0) is 49.9 Å². The molecule has 1 unspecified atom stereocenters. The zero-order valence-electron chi connectivity index (χ0n) is 18.1. The van der Waals surface area contributed by atoms with Gasteiger partial charge in [-0.25, -0.2) is 0 Å². The lowest BCUT2D eigenvalue weighted by atomic mass is 10.1. The summed E-state index contributed by atoms with van der Waals surface area (Å²) in [4.78, 5) is 13.1. The summed E-state index contributed by atoms with van der Waals surface area (Å²) in [6, 6.07) is 15.1. The fourth-order valence-electron chi connectivity index (χ4n) is 4.37. The van der Waals surface area contributed by atoms with E-state index in [9.17, 15) is 4.79 Å². The van der Waals surface area contributed by atoms with Gasteiger partial charge in [0.25, 0.3) is 5.91 Å². The van der Waals surface area contributed by atoms with E-state index in [1.807, 2.05) is 42.5 Å². The van der Waals surface area contributed by atoms with Crippen LogP contribution in [0.5, 0.6) is 5.75 Å². The second kappa shape index (κ2) is 9.53. The van der Waals surface area contributed by atoms with Crippen LogP contribution in [-0.4, -0.2) is 40.0 Å². The zero-order chi connectivity index (χ0) is 21.8. The van der Waals surface area contributed by atoms with Crippen molar-refractivity contribution in [2.24, 2.45) is 0 Å². The normalized spacial score (nSPS) is 18.1. The van der Waals surface area contributed by atoms with Crippen molar-refractivity contribution < 1.29 is 14.3 Å². The molecule has 1 aromatic heterocycles. The van der Waals surface area contributed by atoms with Crippen LogP contribution in [0.4, 0.5) is 5.69 Å². The smallest absolute Gasteiger partial charge is 0.259 e. The third-order valence-electron chi connectivity index (χ3n) is 6.07. The van der Waals surface area contributed by atoms with Gasteiger partial charge in [-0.1, -0.05) is 30.7 Å². The lowest BCUT2D eigenvalue weighted by Gasteiger charge is -2.15. The molecule has 3 heterocycles. The minimum Gasteiger partial charge on any atom is -0.490 e. The number of nitrogens with one attached hydrogen (secondary N) is 1. The van der Waals surface area contributed by atoms with Gasteiger partial charge in [0.1, 0.15) is 18.2 Å². The number of aromatic nitrogens is 3. The van der Waals surface area contributed by atoms with Gasteiger partial charge in [0.05, 0.1) is 11.7 Å². The Hall–Kier alpha value is -3.19. The van der Waals surface area contributed by atoms with Crippen LogP contribution in [0.2, 0.25) is 0 Å². The van der Waals surface area contributed by atoms with E-state index in [0.717, 1.165) is 62.5 Å². The Morgan fingerprint density at radius 2 is 2.03 bits per heavy atom. The molecule has 1 fully saturated rings. The molecule has 0 spiro atoms. The van der Waals surface area contributed by atoms with Gasteiger partial charge in [-0.2, -0.15) is 0 Å². The summed E-state index contributed by atoms with van der Waals surface area (Å²) in [5.41, 5.74) is 2.17. The topological polar surface area (TPSA) is 78.3 Å². The third-order valence-corrected chi connectivity index (χ3v) is 6.07. The Labute approximate surface area is 187 Å². The van der Waals surface area contributed by atoms with E-state index in [0.29, 0.717) is 23.6 Å². The van der Waals surface area contributed by atoms with Crippen LogP contribution < -0.4 is 10.1 Å².